The lowest BCUT2D eigenvalue weighted by molar-refractivity contribution is 0.0738. The molecule has 1 aliphatic rings. The zero-order chi connectivity index (χ0) is 12.3. The van der Waals surface area contributed by atoms with E-state index in [9.17, 15) is 4.79 Å². The zero-order valence-corrected chi connectivity index (χ0v) is 10.6. The van der Waals surface area contributed by atoms with Gasteiger partial charge in [0.2, 0.25) is 0 Å². The number of benzene rings is 1. The number of nitrogens with zero attached hydrogens (tertiary/aromatic N) is 1. The standard InChI is InChI=1S/C14H20N2O/c1-11-4-5-12-6-9-16(8-3-7-15-2)14(17)13(12)10-11/h4-5,10,15H,3,6-9H2,1-2H3. The van der Waals surface area contributed by atoms with Crippen molar-refractivity contribution in [2.75, 3.05) is 26.7 Å². The van der Waals surface area contributed by atoms with Crippen molar-refractivity contribution in [3.05, 3.63) is 34.9 Å². The fourth-order valence-electron chi connectivity index (χ4n) is 2.29. The number of amides is 1. The predicted octanol–water partition coefficient (Wildman–Crippen LogP) is 1.60. The quantitative estimate of drug-likeness (QED) is 0.800. The van der Waals surface area contributed by atoms with Gasteiger partial charge in [0.1, 0.15) is 0 Å². The summed E-state index contributed by atoms with van der Waals surface area (Å²) in [6.45, 7) is 4.71. The maximum absolute atomic E-state index is 12.3. The van der Waals surface area contributed by atoms with Crippen LogP contribution in [0.5, 0.6) is 0 Å². The molecule has 1 amide bonds. The first-order valence-electron chi connectivity index (χ1n) is 6.26. The Balaban J connectivity index is 2.09. The number of nitrogens with one attached hydrogen (secondary N) is 1. The van der Waals surface area contributed by atoms with Crippen LogP contribution in [0.1, 0.15) is 27.9 Å². The molecule has 3 nitrogen and oxygen atoms in total. The van der Waals surface area contributed by atoms with Gasteiger partial charge in [-0.05, 0) is 45.0 Å². The van der Waals surface area contributed by atoms with Crippen molar-refractivity contribution in [1.29, 1.82) is 0 Å². The van der Waals surface area contributed by atoms with Crippen LogP contribution in [0.15, 0.2) is 18.2 Å². The van der Waals surface area contributed by atoms with E-state index in [4.69, 9.17) is 0 Å². The van der Waals surface area contributed by atoms with E-state index in [1.807, 2.05) is 24.9 Å². The van der Waals surface area contributed by atoms with Crippen molar-refractivity contribution in [2.45, 2.75) is 19.8 Å². The van der Waals surface area contributed by atoms with E-state index >= 15 is 0 Å². The second-order valence-electron chi connectivity index (χ2n) is 4.66. The Morgan fingerprint density at radius 1 is 1.41 bits per heavy atom. The lowest BCUT2D eigenvalue weighted by atomic mass is 9.97. The summed E-state index contributed by atoms with van der Waals surface area (Å²) >= 11 is 0. The molecule has 0 unspecified atom stereocenters. The molecular formula is C14H20N2O. The Bertz CT molecular complexity index is 415. The highest BCUT2D eigenvalue weighted by molar-refractivity contribution is 5.96. The van der Waals surface area contributed by atoms with E-state index in [-0.39, 0.29) is 5.91 Å². The fraction of sp³-hybridized carbons (Fsp3) is 0.500. The van der Waals surface area contributed by atoms with Gasteiger partial charge in [0.25, 0.3) is 5.91 Å². The molecule has 0 spiro atoms. The van der Waals surface area contributed by atoms with Crippen molar-refractivity contribution >= 4 is 5.91 Å². The average Bonchev–Trinajstić information content (AvgIpc) is 2.33. The first kappa shape index (κ1) is 12.1. The van der Waals surface area contributed by atoms with E-state index in [1.54, 1.807) is 0 Å². The SMILES string of the molecule is CNCCCN1CCc2ccc(C)cc2C1=O. The smallest absolute Gasteiger partial charge is 0.254 e. The highest BCUT2D eigenvalue weighted by Gasteiger charge is 2.23. The van der Waals surface area contributed by atoms with Gasteiger partial charge in [-0.1, -0.05) is 17.7 Å². The van der Waals surface area contributed by atoms with E-state index in [1.165, 1.54) is 5.56 Å². The Labute approximate surface area is 103 Å². The largest absolute Gasteiger partial charge is 0.338 e. The first-order chi connectivity index (χ1) is 8.22. The summed E-state index contributed by atoms with van der Waals surface area (Å²) in [5, 5.41) is 3.11. The molecule has 17 heavy (non-hydrogen) atoms. The molecule has 0 saturated heterocycles. The molecule has 1 heterocycles. The van der Waals surface area contributed by atoms with Gasteiger partial charge in [-0.25, -0.2) is 0 Å². The molecule has 0 atom stereocenters. The van der Waals surface area contributed by atoms with Crippen LogP contribution in [-0.4, -0.2) is 37.5 Å². The number of carbonyl (C=O) groups is 1. The Kier molecular flexibility index (Phi) is 3.79. The van der Waals surface area contributed by atoms with Crippen LogP contribution in [0.25, 0.3) is 0 Å². The third kappa shape index (κ3) is 2.67. The summed E-state index contributed by atoms with van der Waals surface area (Å²) in [4.78, 5) is 14.2. The van der Waals surface area contributed by atoms with Gasteiger partial charge in [-0.2, -0.15) is 0 Å². The summed E-state index contributed by atoms with van der Waals surface area (Å²) < 4.78 is 0. The number of aryl methyl sites for hydroxylation is 1. The Hall–Kier alpha value is -1.35. The molecule has 1 aliphatic heterocycles. The lowest BCUT2D eigenvalue weighted by Gasteiger charge is -2.28. The Morgan fingerprint density at radius 3 is 3.00 bits per heavy atom. The monoisotopic (exact) mass is 232 g/mol. The van der Waals surface area contributed by atoms with Gasteiger partial charge in [0.05, 0.1) is 0 Å². The minimum Gasteiger partial charge on any atom is -0.338 e. The Morgan fingerprint density at radius 2 is 2.24 bits per heavy atom. The average molecular weight is 232 g/mol. The fourth-order valence-corrected chi connectivity index (χ4v) is 2.29. The van der Waals surface area contributed by atoms with E-state index in [0.29, 0.717) is 0 Å². The topological polar surface area (TPSA) is 32.3 Å². The minimum absolute atomic E-state index is 0.200. The minimum atomic E-state index is 0.200. The third-order valence-corrected chi connectivity index (χ3v) is 3.29. The van der Waals surface area contributed by atoms with Gasteiger partial charge < -0.3 is 10.2 Å². The summed E-state index contributed by atoms with van der Waals surface area (Å²) in [7, 11) is 1.94. The molecular weight excluding hydrogens is 212 g/mol. The van der Waals surface area contributed by atoms with Crippen LogP contribution in [0.3, 0.4) is 0 Å². The van der Waals surface area contributed by atoms with Crippen LogP contribution < -0.4 is 5.32 Å². The van der Waals surface area contributed by atoms with Crippen molar-refractivity contribution in [3.63, 3.8) is 0 Å². The molecule has 2 rings (SSSR count). The number of hydrogen-bond acceptors (Lipinski definition) is 2. The molecule has 0 aromatic heterocycles. The number of hydrogen-bond donors (Lipinski definition) is 1. The van der Waals surface area contributed by atoms with Gasteiger partial charge in [0, 0.05) is 18.7 Å². The summed E-state index contributed by atoms with van der Waals surface area (Å²) in [5.74, 6) is 0.200. The summed E-state index contributed by atoms with van der Waals surface area (Å²) in [6.07, 6.45) is 2.00. The number of fused-ring (bicyclic) bond motifs is 1. The van der Waals surface area contributed by atoms with Crippen LogP contribution >= 0.6 is 0 Å². The van der Waals surface area contributed by atoms with Gasteiger partial charge >= 0.3 is 0 Å². The van der Waals surface area contributed by atoms with E-state index < -0.39 is 0 Å². The van der Waals surface area contributed by atoms with Crippen LogP contribution in [0, 0.1) is 6.92 Å². The molecule has 1 N–H and O–H groups in total. The van der Waals surface area contributed by atoms with Crippen molar-refractivity contribution in [2.24, 2.45) is 0 Å². The second-order valence-corrected chi connectivity index (χ2v) is 4.66. The molecule has 92 valence electrons. The third-order valence-electron chi connectivity index (χ3n) is 3.29. The maximum Gasteiger partial charge on any atom is 0.254 e. The normalized spacial score (nSPS) is 14.9. The molecule has 1 aromatic carbocycles. The van der Waals surface area contributed by atoms with Crippen molar-refractivity contribution in [3.8, 4) is 0 Å². The van der Waals surface area contributed by atoms with Crippen molar-refractivity contribution < 1.29 is 4.79 Å². The van der Waals surface area contributed by atoms with Crippen molar-refractivity contribution in [1.82, 2.24) is 10.2 Å². The van der Waals surface area contributed by atoms with Gasteiger partial charge in [-0.15, -0.1) is 0 Å². The predicted molar refractivity (Wildman–Crippen MR) is 69.3 cm³/mol. The zero-order valence-electron chi connectivity index (χ0n) is 10.6. The van der Waals surface area contributed by atoms with Gasteiger partial charge in [-0.3, -0.25) is 4.79 Å². The number of carbonyl (C=O) groups excluding carboxylic acids is 1. The molecule has 1 aromatic rings. The van der Waals surface area contributed by atoms with E-state index in [2.05, 4.69) is 17.4 Å². The molecule has 0 bridgehead atoms. The summed E-state index contributed by atoms with van der Waals surface area (Å²) in [5.41, 5.74) is 3.26. The van der Waals surface area contributed by atoms with Crippen LogP contribution in [0.4, 0.5) is 0 Å². The molecule has 0 saturated carbocycles. The molecule has 0 fully saturated rings. The highest BCUT2D eigenvalue weighted by Crippen LogP contribution is 2.20. The molecule has 0 aliphatic carbocycles. The van der Waals surface area contributed by atoms with Gasteiger partial charge in [0.15, 0.2) is 0 Å². The molecule has 3 heteroatoms. The molecule has 0 radical (unpaired) electrons. The van der Waals surface area contributed by atoms with Crippen LogP contribution in [0.2, 0.25) is 0 Å². The van der Waals surface area contributed by atoms with E-state index in [0.717, 1.165) is 43.6 Å². The lowest BCUT2D eigenvalue weighted by Crippen LogP contribution is -2.39. The first-order valence-corrected chi connectivity index (χ1v) is 6.26. The van der Waals surface area contributed by atoms with Crippen LogP contribution in [-0.2, 0) is 6.42 Å². The maximum atomic E-state index is 12.3. The number of rotatable bonds is 4. The second kappa shape index (κ2) is 5.32. The highest BCUT2D eigenvalue weighted by atomic mass is 16.2. The summed E-state index contributed by atoms with van der Waals surface area (Å²) in [6, 6.07) is 6.19.